The third kappa shape index (κ3) is 4.27. The Morgan fingerprint density at radius 2 is 1.85 bits per heavy atom. The van der Waals surface area contributed by atoms with Crippen molar-refractivity contribution < 1.29 is 9.84 Å². The van der Waals surface area contributed by atoms with E-state index in [1.165, 1.54) is 0 Å². The normalized spacial score (nSPS) is 12.2. The van der Waals surface area contributed by atoms with Crippen LogP contribution in [-0.2, 0) is 0 Å². The summed E-state index contributed by atoms with van der Waals surface area (Å²) in [6, 6.07) is 15.6. The lowest BCUT2D eigenvalue weighted by Gasteiger charge is -2.12. The molecule has 0 radical (unpaired) electrons. The summed E-state index contributed by atoms with van der Waals surface area (Å²) in [7, 11) is 0. The molecule has 2 aromatic rings. The first kappa shape index (κ1) is 15.4. The highest BCUT2D eigenvalue weighted by Gasteiger charge is 2.09. The molecule has 1 N–H and O–H groups in total. The van der Waals surface area contributed by atoms with E-state index in [1.807, 2.05) is 55.5 Å². The van der Waals surface area contributed by atoms with Gasteiger partial charge < -0.3 is 9.84 Å². The minimum Gasteiger partial charge on any atom is -0.494 e. The van der Waals surface area contributed by atoms with Crippen LogP contribution in [-0.4, -0.2) is 17.5 Å². The highest BCUT2D eigenvalue weighted by molar-refractivity contribution is 9.10. The summed E-state index contributed by atoms with van der Waals surface area (Å²) in [4.78, 5) is 1.14. The fourth-order valence-corrected chi connectivity index (χ4v) is 3.32. The fourth-order valence-electron chi connectivity index (χ4n) is 1.78. The Morgan fingerprint density at radius 1 is 1.15 bits per heavy atom. The molecule has 0 spiro atoms. The zero-order valence-corrected chi connectivity index (χ0v) is 13.7. The van der Waals surface area contributed by atoms with Crippen LogP contribution in [0.1, 0.15) is 18.6 Å². The Hall–Kier alpha value is -0.970. The number of benzene rings is 2. The number of hydrogen-bond donors (Lipinski definition) is 1. The van der Waals surface area contributed by atoms with E-state index in [0.717, 1.165) is 20.7 Å². The number of rotatable bonds is 6. The minimum absolute atomic E-state index is 0.484. The van der Waals surface area contributed by atoms with E-state index < -0.39 is 6.10 Å². The van der Waals surface area contributed by atoms with Crippen LogP contribution in [0.4, 0.5) is 0 Å². The maximum absolute atomic E-state index is 10.2. The van der Waals surface area contributed by atoms with Gasteiger partial charge in [0.15, 0.2) is 0 Å². The van der Waals surface area contributed by atoms with Gasteiger partial charge in [-0.3, -0.25) is 0 Å². The van der Waals surface area contributed by atoms with Crippen molar-refractivity contribution in [3.63, 3.8) is 0 Å². The summed E-state index contributed by atoms with van der Waals surface area (Å²) in [5.74, 6) is 1.46. The van der Waals surface area contributed by atoms with Gasteiger partial charge in [0.1, 0.15) is 5.75 Å². The minimum atomic E-state index is -0.484. The molecule has 4 heteroatoms. The van der Waals surface area contributed by atoms with Crippen LogP contribution in [0.3, 0.4) is 0 Å². The van der Waals surface area contributed by atoms with Crippen molar-refractivity contribution in [2.45, 2.75) is 17.9 Å². The fraction of sp³-hybridized carbons (Fsp3) is 0.250. The molecular weight excluding hydrogens is 336 g/mol. The maximum Gasteiger partial charge on any atom is 0.119 e. The van der Waals surface area contributed by atoms with Gasteiger partial charge in [-0.1, -0.05) is 24.3 Å². The molecule has 0 aliphatic carbocycles. The average Bonchev–Trinajstić information content (AvgIpc) is 2.47. The molecule has 0 saturated heterocycles. The van der Waals surface area contributed by atoms with Gasteiger partial charge in [0.25, 0.3) is 0 Å². The van der Waals surface area contributed by atoms with Gasteiger partial charge in [-0.15, -0.1) is 11.8 Å². The van der Waals surface area contributed by atoms with Crippen LogP contribution < -0.4 is 4.74 Å². The van der Waals surface area contributed by atoms with Crippen molar-refractivity contribution in [1.29, 1.82) is 0 Å². The molecule has 0 fully saturated rings. The van der Waals surface area contributed by atoms with Crippen molar-refractivity contribution in [1.82, 2.24) is 0 Å². The Bertz CT molecular complexity index is 542. The highest BCUT2D eigenvalue weighted by Crippen LogP contribution is 2.30. The molecule has 1 unspecified atom stereocenters. The molecule has 0 saturated carbocycles. The van der Waals surface area contributed by atoms with Crippen LogP contribution in [0, 0.1) is 0 Å². The zero-order chi connectivity index (χ0) is 14.4. The van der Waals surface area contributed by atoms with Crippen LogP contribution in [0.15, 0.2) is 57.9 Å². The molecule has 106 valence electrons. The summed E-state index contributed by atoms with van der Waals surface area (Å²) in [6.07, 6.45) is -0.484. The summed E-state index contributed by atoms with van der Waals surface area (Å²) in [5, 5.41) is 10.2. The summed E-state index contributed by atoms with van der Waals surface area (Å²) < 4.78 is 6.45. The topological polar surface area (TPSA) is 29.5 Å². The van der Waals surface area contributed by atoms with Crippen LogP contribution >= 0.6 is 27.7 Å². The second-order valence-corrected chi connectivity index (χ2v) is 6.18. The van der Waals surface area contributed by atoms with Crippen molar-refractivity contribution in [3.05, 3.63) is 58.6 Å². The smallest absolute Gasteiger partial charge is 0.119 e. The lowest BCUT2D eigenvalue weighted by molar-refractivity contribution is 0.204. The Balaban J connectivity index is 1.94. The van der Waals surface area contributed by atoms with Gasteiger partial charge in [0.2, 0.25) is 0 Å². The van der Waals surface area contributed by atoms with Crippen LogP contribution in [0.25, 0.3) is 0 Å². The van der Waals surface area contributed by atoms with Crippen molar-refractivity contribution in [2.75, 3.05) is 12.4 Å². The number of halogens is 1. The number of hydrogen-bond acceptors (Lipinski definition) is 3. The molecule has 0 amide bonds. The monoisotopic (exact) mass is 352 g/mol. The lowest BCUT2D eigenvalue weighted by atomic mass is 10.1. The van der Waals surface area contributed by atoms with Crippen molar-refractivity contribution >= 4 is 27.7 Å². The van der Waals surface area contributed by atoms with Gasteiger partial charge in [-0.2, -0.15) is 0 Å². The molecule has 0 bridgehead atoms. The number of aliphatic hydroxyl groups excluding tert-OH is 1. The molecule has 1 atom stereocenters. The van der Waals surface area contributed by atoms with E-state index in [-0.39, 0.29) is 0 Å². The molecule has 2 nitrogen and oxygen atoms in total. The first-order valence-corrected chi connectivity index (χ1v) is 8.26. The molecule has 0 heterocycles. The van der Waals surface area contributed by atoms with E-state index in [4.69, 9.17) is 4.74 Å². The van der Waals surface area contributed by atoms with E-state index in [2.05, 4.69) is 15.9 Å². The Morgan fingerprint density at radius 3 is 2.50 bits per heavy atom. The van der Waals surface area contributed by atoms with E-state index in [1.54, 1.807) is 11.8 Å². The number of thioether (sulfide) groups is 1. The van der Waals surface area contributed by atoms with Crippen molar-refractivity contribution in [3.8, 4) is 5.75 Å². The first-order valence-electron chi connectivity index (χ1n) is 6.49. The summed E-state index contributed by atoms with van der Waals surface area (Å²) >= 11 is 5.15. The predicted molar refractivity (Wildman–Crippen MR) is 87.4 cm³/mol. The van der Waals surface area contributed by atoms with Gasteiger partial charge in [-0.05, 0) is 52.7 Å². The Labute approximate surface area is 132 Å². The Kier molecular flexibility index (Phi) is 5.95. The second-order valence-electron chi connectivity index (χ2n) is 4.26. The molecule has 2 aromatic carbocycles. The standard InChI is InChI=1S/C16H17BrO2S/c1-2-19-13-9-7-12(8-10-13)15(18)11-20-16-6-4-3-5-14(16)17/h3-10,15,18H,2,11H2,1H3. The van der Waals surface area contributed by atoms with Gasteiger partial charge in [0, 0.05) is 15.1 Å². The first-order chi connectivity index (χ1) is 9.70. The largest absolute Gasteiger partial charge is 0.494 e. The van der Waals surface area contributed by atoms with Gasteiger partial charge >= 0.3 is 0 Å². The van der Waals surface area contributed by atoms with E-state index in [9.17, 15) is 5.11 Å². The van der Waals surface area contributed by atoms with Crippen LogP contribution in [0.2, 0.25) is 0 Å². The quantitative estimate of drug-likeness (QED) is 0.765. The number of aliphatic hydroxyl groups is 1. The van der Waals surface area contributed by atoms with Crippen LogP contribution in [0.5, 0.6) is 5.75 Å². The number of ether oxygens (including phenoxy) is 1. The van der Waals surface area contributed by atoms with Gasteiger partial charge in [0.05, 0.1) is 12.7 Å². The third-order valence-electron chi connectivity index (χ3n) is 2.81. The van der Waals surface area contributed by atoms with Crippen molar-refractivity contribution in [2.24, 2.45) is 0 Å². The van der Waals surface area contributed by atoms with E-state index in [0.29, 0.717) is 12.4 Å². The lowest BCUT2D eigenvalue weighted by Crippen LogP contribution is -2.01. The summed E-state index contributed by atoms with van der Waals surface area (Å²) in [6.45, 7) is 2.61. The molecular formula is C16H17BrO2S. The van der Waals surface area contributed by atoms with Gasteiger partial charge in [-0.25, -0.2) is 0 Å². The molecule has 0 aromatic heterocycles. The SMILES string of the molecule is CCOc1ccc(C(O)CSc2ccccc2Br)cc1. The zero-order valence-electron chi connectivity index (χ0n) is 11.3. The molecule has 2 rings (SSSR count). The highest BCUT2D eigenvalue weighted by atomic mass is 79.9. The third-order valence-corrected chi connectivity index (χ3v) is 4.91. The average molecular weight is 353 g/mol. The predicted octanol–water partition coefficient (Wildman–Crippen LogP) is 4.67. The van der Waals surface area contributed by atoms with E-state index >= 15 is 0 Å². The molecule has 20 heavy (non-hydrogen) atoms. The molecule has 0 aliphatic heterocycles. The summed E-state index contributed by atoms with van der Waals surface area (Å²) in [5.41, 5.74) is 0.910. The second kappa shape index (κ2) is 7.72. The molecule has 0 aliphatic rings. The maximum atomic E-state index is 10.2.